The highest BCUT2D eigenvalue weighted by Gasteiger charge is 2.23. The number of fused-ring (bicyclic) bond motifs is 1. The monoisotopic (exact) mass is 189 g/mol. The molecule has 1 aliphatic rings. The number of rotatable bonds is 2. The fourth-order valence-corrected chi connectivity index (χ4v) is 1.47. The molecule has 0 saturated heterocycles. The number of ether oxygens (including phenoxy) is 1. The lowest BCUT2D eigenvalue weighted by molar-refractivity contribution is 0.303. The van der Waals surface area contributed by atoms with Crippen LogP contribution in [0.4, 0.5) is 5.82 Å². The van der Waals surface area contributed by atoms with E-state index in [9.17, 15) is 0 Å². The van der Waals surface area contributed by atoms with Gasteiger partial charge in [-0.05, 0) is 25.0 Å². The Balaban J connectivity index is 2.01. The first-order valence-electron chi connectivity index (χ1n) is 4.73. The molecule has 0 radical (unpaired) electrons. The number of nitrogen functional groups attached to an aromatic ring is 1. The molecule has 1 aromatic carbocycles. The number of nitrogens with zero attached hydrogens (tertiary/aromatic N) is 1. The average Bonchev–Trinajstić information content (AvgIpc) is 2.92. The van der Waals surface area contributed by atoms with E-state index in [2.05, 4.69) is 10.2 Å². The van der Waals surface area contributed by atoms with E-state index in [0.29, 0.717) is 11.9 Å². The average molecular weight is 189 g/mol. The van der Waals surface area contributed by atoms with Crippen molar-refractivity contribution in [3.8, 4) is 5.75 Å². The molecule has 2 aromatic rings. The molecule has 1 aromatic heterocycles. The van der Waals surface area contributed by atoms with Gasteiger partial charge in [0.1, 0.15) is 5.75 Å². The van der Waals surface area contributed by atoms with Gasteiger partial charge in [0.05, 0.1) is 11.6 Å². The summed E-state index contributed by atoms with van der Waals surface area (Å²) in [5, 5.41) is 7.75. The molecule has 3 N–H and O–H groups in total. The molecule has 4 heteroatoms. The fourth-order valence-electron chi connectivity index (χ4n) is 1.47. The van der Waals surface area contributed by atoms with E-state index in [1.165, 1.54) is 12.8 Å². The number of H-pyrrole nitrogens is 1. The van der Waals surface area contributed by atoms with Gasteiger partial charge in [-0.3, -0.25) is 5.10 Å². The first-order chi connectivity index (χ1) is 6.83. The molecule has 0 spiro atoms. The Hall–Kier alpha value is -1.71. The number of nitrogens with one attached hydrogen (secondary N) is 1. The van der Waals surface area contributed by atoms with Crippen molar-refractivity contribution in [2.24, 2.45) is 0 Å². The zero-order valence-corrected chi connectivity index (χ0v) is 7.66. The molecule has 4 nitrogen and oxygen atoms in total. The first kappa shape index (κ1) is 7.67. The fraction of sp³-hybridized carbons (Fsp3) is 0.300. The minimum absolute atomic E-state index is 0.424. The lowest BCUT2D eigenvalue weighted by Crippen LogP contribution is -1.95. The number of anilines is 1. The Kier molecular flexibility index (Phi) is 1.45. The number of benzene rings is 1. The van der Waals surface area contributed by atoms with Crippen molar-refractivity contribution >= 4 is 16.7 Å². The van der Waals surface area contributed by atoms with Crippen molar-refractivity contribution in [3.05, 3.63) is 18.2 Å². The van der Waals surface area contributed by atoms with Crippen molar-refractivity contribution in [2.45, 2.75) is 18.9 Å². The zero-order chi connectivity index (χ0) is 9.54. The third-order valence-corrected chi connectivity index (χ3v) is 2.39. The molecule has 1 fully saturated rings. The summed E-state index contributed by atoms with van der Waals surface area (Å²) in [5.74, 6) is 1.43. The van der Waals surface area contributed by atoms with Gasteiger partial charge < -0.3 is 10.5 Å². The van der Waals surface area contributed by atoms with Crippen molar-refractivity contribution in [2.75, 3.05) is 5.73 Å². The number of nitrogens with two attached hydrogens (primary N) is 1. The van der Waals surface area contributed by atoms with E-state index < -0.39 is 0 Å². The topological polar surface area (TPSA) is 63.9 Å². The standard InChI is InChI=1S/C10H11N3O/c11-10-8-4-3-7(14-6-1-2-6)5-9(8)12-13-10/h3-6H,1-2H2,(H3,11,12,13). The van der Waals surface area contributed by atoms with Crippen LogP contribution in [0.25, 0.3) is 10.9 Å². The van der Waals surface area contributed by atoms with E-state index in [1.54, 1.807) is 0 Å². The molecule has 14 heavy (non-hydrogen) atoms. The lowest BCUT2D eigenvalue weighted by atomic mass is 10.2. The van der Waals surface area contributed by atoms with E-state index in [1.807, 2.05) is 18.2 Å². The molecule has 0 amide bonds. The molecule has 1 aliphatic carbocycles. The van der Waals surface area contributed by atoms with Gasteiger partial charge in [0.2, 0.25) is 0 Å². The summed E-state index contributed by atoms with van der Waals surface area (Å²) in [4.78, 5) is 0. The summed E-state index contributed by atoms with van der Waals surface area (Å²) in [7, 11) is 0. The van der Waals surface area contributed by atoms with Gasteiger partial charge in [0, 0.05) is 11.5 Å². The smallest absolute Gasteiger partial charge is 0.153 e. The van der Waals surface area contributed by atoms with Crippen LogP contribution in [-0.4, -0.2) is 16.3 Å². The van der Waals surface area contributed by atoms with Crippen LogP contribution < -0.4 is 10.5 Å². The largest absolute Gasteiger partial charge is 0.490 e. The Labute approximate surface area is 81.1 Å². The van der Waals surface area contributed by atoms with Gasteiger partial charge in [-0.25, -0.2) is 0 Å². The number of hydrogen-bond acceptors (Lipinski definition) is 3. The van der Waals surface area contributed by atoms with Gasteiger partial charge in [-0.15, -0.1) is 0 Å². The maximum atomic E-state index is 5.66. The highest BCUT2D eigenvalue weighted by Crippen LogP contribution is 2.29. The Bertz CT molecular complexity index is 473. The van der Waals surface area contributed by atoms with Crippen LogP contribution >= 0.6 is 0 Å². The van der Waals surface area contributed by atoms with Crippen LogP contribution in [-0.2, 0) is 0 Å². The van der Waals surface area contributed by atoms with Crippen LogP contribution in [0.1, 0.15) is 12.8 Å². The summed E-state index contributed by atoms with van der Waals surface area (Å²) >= 11 is 0. The number of aromatic amines is 1. The minimum atomic E-state index is 0.424. The quantitative estimate of drug-likeness (QED) is 0.755. The second kappa shape index (κ2) is 2.64. The maximum absolute atomic E-state index is 5.66. The maximum Gasteiger partial charge on any atom is 0.153 e. The van der Waals surface area contributed by atoms with Crippen LogP contribution in [0.3, 0.4) is 0 Å². The Morgan fingerprint density at radius 2 is 2.29 bits per heavy atom. The van der Waals surface area contributed by atoms with Crippen LogP contribution in [0.2, 0.25) is 0 Å². The highest BCUT2D eigenvalue weighted by molar-refractivity contribution is 5.89. The first-order valence-corrected chi connectivity index (χ1v) is 4.73. The highest BCUT2D eigenvalue weighted by atomic mass is 16.5. The van der Waals surface area contributed by atoms with Crippen LogP contribution in [0.15, 0.2) is 18.2 Å². The van der Waals surface area contributed by atoms with Crippen molar-refractivity contribution < 1.29 is 4.74 Å². The number of hydrogen-bond donors (Lipinski definition) is 2. The van der Waals surface area contributed by atoms with Gasteiger partial charge in [0.15, 0.2) is 5.82 Å². The van der Waals surface area contributed by atoms with E-state index in [4.69, 9.17) is 10.5 Å². The molecular weight excluding hydrogens is 178 g/mol. The van der Waals surface area contributed by atoms with Gasteiger partial charge in [-0.2, -0.15) is 5.10 Å². The molecule has 72 valence electrons. The van der Waals surface area contributed by atoms with Crippen molar-refractivity contribution in [1.29, 1.82) is 0 Å². The van der Waals surface area contributed by atoms with E-state index >= 15 is 0 Å². The molecule has 0 bridgehead atoms. The molecule has 0 aliphatic heterocycles. The second-order valence-corrected chi connectivity index (χ2v) is 3.63. The predicted molar refractivity (Wildman–Crippen MR) is 54.2 cm³/mol. The predicted octanol–water partition coefficient (Wildman–Crippen LogP) is 1.69. The zero-order valence-electron chi connectivity index (χ0n) is 7.66. The molecular formula is C10H11N3O. The summed E-state index contributed by atoms with van der Waals surface area (Å²) in [6, 6.07) is 5.81. The lowest BCUT2D eigenvalue weighted by Gasteiger charge is -2.02. The summed E-state index contributed by atoms with van der Waals surface area (Å²) in [6.45, 7) is 0. The second-order valence-electron chi connectivity index (χ2n) is 3.63. The normalized spacial score (nSPS) is 16.0. The SMILES string of the molecule is Nc1n[nH]c2cc(OC3CC3)ccc12. The Morgan fingerprint density at radius 3 is 3.07 bits per heavy atom. The molecule has 0 atom stereocenters. The van der Waals surface area contributed by atoms with Gasteiger partial charge >= 0.3 is 0 Å². The summed E-state index contributed by atoms with van der Waals surface area (Å²) in [6.07, 6.45) is 2.76. The van der Waals surface area contributed by atoms with Gasteiger partial charge in [0.25, 0.3) is 0 Å². The van der Waals surface area contributed by atoms with E-state index in [-0.39, 0.29) is 0 Å². The molecule has 1 heterocycles. The van der Waals surface area contributed by atoms with Crippen molar-refractivity contribution in [3.63, 3.8) is 0 Å². The summed E-state index contributed by atoms with van der Waals surface area (Å²) < 4.78 is 5.65. The molecule has 3 rings (SSSR count). The van der Waals surface area contributed by atoms with Crippen LogP contribution in [0, 0.1) is 0 Å². The summed E-state index contributed by atoms with van der Waals surface area (Å²) in [5.41, 5.74) is 6.59. The minimum Gasteiger partial charge on any atom is -0.490 e. The van der Waals surface area contributed by atoms with E-state index in [0.717, 1.165) is 16.7 Å². The molecule has 1 saturated carbocycles. The molecule has 0 unspecified atom stereocenters. The third kappa shape index (κ3) is 1.19. The Morgan fingerprint density at radius 1 is 1.43 bits per heavy atom. The van der Waals surface area contributed by atoms with Crippen LogP contribution in [0.5, 0.6) is 5.75 Å². The third-order valence-electron chi connectivity index (χ3n) is 2.39. The van der Waals surface area contributed by atoms with Gasteiger partial charge in [-0.1, -0.05) is 0 Å². The van der Waals surface area contributed by atoms with Crippen molar-refractivity contribution in [1.82, 2.24) is 10.2 Å². The number of aromatic nitrogens is 2.